The second-order valence-electron chi connectivity index (χ2n) is 11.9. The van der Waals surface area contributed by atoms with Crippen molar-refractivity contribution in [3.8, 4) is 0 Å². The van der Waals surface area contributed by atoms with Crippen LogP contribution in [0.5, 0.6) is 0 Å². The van der Waals surface area contributed by atoms with Crippen molar-refractivity contribution in [2.24, 2.45) is 28.9 Å². The summed E-state index contributed by atoms with van der Waals surface area (Å²) in [5.41, 5.74) is 21.8. The number of primary amides is 1. The van der Waals surface area contributed by atoms with Gasteiger partial charge in [0.1, 0.15) is 30.2 Å². The van der Waals surface area contributed by atoms with Crippen molar-refractivity contribution >= 4 is 53.3 Å². The van der Waals surface area contributed by atoms with Gasteiger partial charge in [-0.15, -0.1) is 0 Å². The largest absolute Gasteiger partial charge is 0.480 e. The van der Waals surface area contributed by atoms with E-state index in [-0.39, 0.29) is 56.6 Å². The van der Waals surface area contributed by atoms with Gasteiger partial charge in [0, 0.05) is 13.1 Å². The molecule has 0 aliphatic heterocycles. The van der Waals surface area contributed by atoms with Crippen LogP contribution in [-0.4, -0.2) is 119 Å². The third-order valence-electron chi connectivity index (χ3n) is 6.89. The summed E-state index contributed by atoms with van der Waals surface area (Å²) in [5.74, 6) is -7.55. The van der Waals surface area contributed by atoms with E-state index in [2.05, 4.69) is 37.2 Å². The van der Waals surface area contributed by atoms with Crippen molar-refractivity contribution < 1.29 is 43.8 Å². The fraction of sp³-hybridized carbons (Fsp3) is 0.679. The molecule has 0 bridgehead atoms. The monoisotopic (exact) mass is 715 g/mol. The highest BCUT2D eigenvalue weighted by Gasteiger charge is 2.32. The molecule has 0 radical (unpaired) electrons. The van der Waals surface area contributed by atoms with Crippen LogP contribution in [0.1, 0.15) is 59.3 Å². The number of carboxylic acid groups (broad SMARTS) is 1. The Morgan fingerprint density at radius 1 is 0.640 bits per heavy atom. The number of aliphatic hydroxyl groups is 1. The lowest BCUT2D eigenvalue weighted by atomic mass is 10.0. The zero-order valence-electron chi connectivity index (χ0n) is 28.5. The maximum absolute atomic E-state index is 13.3. The molecule has 6 atom stereocenters. The predicted molar refractivity (Wildman–Crippen MR) is 180 cm³/mol. The average molecular weight is 716 g/mol. The first kappa shape index (κ1) is 44.8. The summed E-state index contributed by atoms with van der Waals surface area (Å²) in [7, 11) is 0. The Labute approximate surface area is 289 Å². The van der Waals surface area contributed by atoms with Crippen molar-refractivity contribution in [1.29, 1.82) is 10.8 Å². The van der Waals surface area contributed by atoms with Crippen molar-refractivity contribution in [1.82, 2.24) is 37.2 Å². The number of carbonyl (C=O) groups is 7. The van der Waals surface area contributed by atoms with Gasteiger partial charge in [-0.2, -0.15) is 0 Å². The SMILES string of the molecule is CC(C)C[C@H](NC(=O)[C@H](C)NC(=O)[C@H](CC(N)=O)NC(=O)[C@H](CCCNC(=N)N)NC(=O)[C@@H](N)CCCNC(=N)N)C(=O)N[C@@H](CO)C(=O)O. The number of amides is 6. The number of guanidine groups is 2. The lowest BCUT2D eigenvalue weighted by molar-refractivity contribution is -0.143. The molecule has 284 valence electrons. The number of hydrogen-bond acceptors (Lipinski definition) is 11. The average Bonchev–Trinajstić information content (AvgIpc) is 3.01. The molecule has 0 aromatic heterocycles. The van der Waals surface area contributed by atoms with Gasteiger partial charge in [0.25, 0.3) is 0 Å². The van der Waals surface area contributed by atoms with E-state index < -0.39 is 90.7 Å². The molecular formula is C28H53N13O9. The first-order chi connectivity index (χ1) is 23.3. The van der Waals surface area contributed by atoms with Crippen molar-refractivity contribution in [3.63, 3.8) is 0 Å². The van der Waals surface area contributed by atoms with Crippen LogP contribution in [0.3, 0.4) is 0 Å². The summed E-state index contributed by atoms with van der Waals surface area (Å²) in [4.78, 5) is 88.1. The molecule has 0 unspecified atom stereocenters. The van der Waals surface area contributed by atoms with Crippen LogP contribution in [0, 0.1) is 16.7 Å². The van der Waals surface area contributed by atoms with Crippen molar-refractivity contribution in [2.45, 2.75) is 95.5 Å². The quantitative estimate of drug-likeness (QED) is 0.0252. The van der Waals surface area contributed by atoms with Gasteiger partial charge in [0.2, 0.25) is 35.4 Å². The Morgan fingerprint density at radius 2 is 1.10 bits per heavy atom. The van der Waals surface area contributed by atoms with Gasteiger partial charge in [-0.05, 0) is 44.9 Å². The molecule has 0 aromatic carbocycles. The van der Waals surface area contributed by atoms with E-state index >= 15 is 0 Å². The van der Waals surface area contributed by atoms with Gasteiger partial charge in [-0.25, -0.2) is 4.79 Å². The van der Waals surface area contributed by atoms with Gasteiger partial charge in [-0.1, -0.05) is 13.8 Å². The molecule has 0 aliphatic carbocycles. The standard InChI is InChI=1S/C28H53N13O9/c1-13(2)10-17(25(48)41-19(12-42)26(49)50)39-21(44)14(3)37-24(47)18(11-20(30)43)40-23(46)16(7-5-9-36-28(33)34)38-22(45)15(29)6-4-8-35-27(31)32/h13-19,42H,4-12,29H2,1-3H3,(H2,30,43)(H,37,47)(H,38,45)(H,39,44)(H,40,46)(H,41,48)(H,49,50)(H4,31,32,35)(H4,33,34,36)/t14-,15-,16-,17-,18-,19-/m0/s1. The molecule has 19 N–H and O–H groups in total. The van der Waals surface area contributed by atoms with Crippen LogP contribution in [0.4, 0.5) is 0 Å². The lowest BCUT2D eigenvalue weighted by Gasteiger charge is -2.26. The Morgan fingerprint density at radius 3 is 1.58 bits per heavy atom. The third-order valence-corrected chi connectivity index (χ3v) is 6.89. The molecule has 6 amide bonds. The normalized spacial score (nSPS) is 14.4. The van der Waals surface area contributed by atoms with Crippen molar-refractivity contribution in [2.75, 3.05) is 19.7 Å². The minimum Gasteiger partial charge on any atom is -0.480 e. The number of carboxylic acids is 1. The molecule has 0 aromatic rings. The molecular weight excluding hydrogens is 662 g/mol. The number of nitrogens with two attached hydrogens (primary N) is 4. The zero-order valence-corrected chi connectivity index (χ0v) is 28.5. The fourth-order valence-corrected chi connectivity index (χ4v) is 4.27. The Kier molecular flexibility index (Phi) is 20.7. The summed E-state index contributed by atoms with van der Waals surface area (Å²) >= 11 is 0. The number of nitrogens with one attached hydrogen (secondary N) is 9. The zero-order chi connectivity index (χ0) is 38.6. The first-order valence-corrected chi connectivity index (χ1v) is 15.8. The predicted octanol–water partition coefficient (Wildman–Crippen LogP) is -5.72. The smallest absolute Gasteiger partial charge is 0.328 e. The maximum atomic E-state index is 13.3. The van der Waals surface area contributed by atoms with Crippen molar-refractivity contribution in [3.05, 3.63) is 0 Å². The summed E-state index contributed by atoms with van der Waals surface area (Å²) in [6, 6.07) is -8.13. The molecule has 22 nitrogen and oxygen atoms in total. The van der Waals surface area contributed by atoms with E-state index in [1.807, 2.05) is 0 Å². The minimum absolute atomic E-state index is 0.0154. The Balaban J connectivity index is 5.77. The number of hydrogen-bond donors (Lipinski definition) is 15. The van der Waals surface area contributed by atoms with Gasteiger partial charge < -0.3 is 70.4 Å². The first-order valence-electron chi connectivity index (χ1n) is 15.8. The van der Waals surface area contributed by atoms with Gasteiger partial charge in [-0.3, -0.25) is 39.6 Å². The van der Waals surface area contributed by atoms with Crippen LogP contribution < -0.4 is 60.2 Å². The Hall–Kier alpha value is -5.25. The third kappa shape index (κ3) is 18.9. The number of aliphatic carboxylic acids is 1. The van der Waals surface area contributed by atoms with E-state index in [4.69, 9.17) is 38.9 Å². The topological polar surface area (TPSA) is 396 Å². The number of aliphatic hydroxyl groups excluding tert-OH is 1. The van der Waals surface area contributed by atoms with E-state index in [0.29, 0.717) is 6.42 Å². The van der Waals surface area contributed by atoms with Crippen LogP contribution >= 0.6 is 0 Å². The molecule has 22 heteroatoms. The van der Waals surface area contributed by atoms with Crippen LogP contribution in [-0.2, 0) is 33.6 Å². The van der Waals surface area contributed by atoms with E-state index in [1.54, 1.807) is 13.8 Å². The summed E-state index contributed by atoms with van der Waals surface area (Å²) in [5, 5.41) is 49.7. The molecule has 0 fully saturated rings. The number of carbonyl (C=O) groups excluding carboxylic acids is 6. The second kappa shape index (κ2) is 23.2. The van der Waals surface area contributed by atoms with Crippen LogP contribution in [0.25, 0.3) is 0 Å². The Bertz CT molecular complexity index is 1220. The van der Waals surface area contributed by atoms with Crippen LogP contribution in [0.15, 0.2) is 0 Å². The second-order valence-corrected chi connectivity index (χ2v) is 11.9. The molecule has 0 saturated carbocycles. The summed E-state index contributed by atoms with van der Waals surface area (Å²) in [6.45, 7) is 4.28. The van der Waals surface area contributed by atoms with E-state index in [9.17, 15) is 38.7 Å². The molecule has 0 heterocycles. The van der Waals surface area contributed by atoms with Gasteiger partial charge in [0.05, 0.1) is 19.1 Å². The van der Waals surface area contributed by atoms with Crippen LogP contribution in [0.2, 0.25) is 0 Å². The maximum Gasteiger partial charge on any atom is 0.328 e. The molecule has 0 aliphatic rings. The van der Waals surface area contributed by atoms with E-state index in [0.717, 1.165) is 0 Å². The molecule has 0 spiro atoms. The van der Waals surface area contributed by atoms with Gasteiger partial charge in [0.15, 0.2) is 11.9 Å². The fourth-order valence-electron chi connectivity index (χ4n) is 4.27. The molecule has 0 rings (SSSR count). The minimum atomic E-state index is -1.62. The molecule has 0 saturated heterocycles. The highest BCUT2D eigenvalue weighted by atomic mass is 16.4. The highest BCUT2D eigenvalue weighted by Crippen LogP contribution is 2.07. The van der Waals surface area contributed by atoms with Gasteiger partial charge >= 0.3 is 5.97 Å². The molecule has 50 heavy (non-hydrogen) atoms. The summed E-state index contributed by atoms with van der Waals surface area (Å²) < 4.78 is 0. The summed E-state index contributed by atoms with van der Waals surface area (Å²) in [6.07, 6.45) is 0.116. The lowest BCUT2D eigenvalue weighted by Crippen LogP contribution is -2.59. The highest BCUT2D eigenvalue weighted by molar-refractivity contribution is 5.97. The van der Waals surface area contributed by atoms with E-state index in [1.165, 1.54) is 6.92 Å². The number of rotatable bonds is 24.